The average molecular weight is 655 g/mol. The molecule has 15 nitrogen and oxygen atoms in total. The number of aliphatic hydroxyl groups excluding tert-OH is 8. The molecule has 0 spiro atoms. The van der Waals surface area contributed by atoms with Crippen LogP contribution in [0.4, 0.5) is 0 Å². The standard InChI is InChI=1S/C31H42O15/c1-12-27(45-30-25(38)23(36)21(34)18(10-32)43-30)13(2)29(46-31-26(39)24(37)22(35)19(11-33)44-31)20-17(41-4)9-16(42-28(12)20)14-5-7-15(40-3)8-6-14/h5-8,16-19,21-26,30-39H,9-11H2,1-4H3/t16-,17+,18-,19-,21-,22-,23+,24+,25-,26-,30+,31+/m1/s1. The molecule has 0 aliphatic carbocycles. The van der Waals surface area contributed by atoms with Crippen LogP contribution >= 0.6 is 0 Å². The van der Waals surface area contributed by atoms with Crippen molar-refractivity contribution in [2.75, 3.05) is 27.4 Å². The average Bonchev–Trinajstić information content (AvgIpc) is 3.07. The maximum Gasteiger partial charge on any atom is 0.229 e. The Balaban J connectivity index is 1.61. The number of hydrogen-bond donors (Lipinski definition) is 8. The van der Waals surface area contributed by atoms with E-state index in [1.807, 2.05) is 12.1 Å². The summed E-state index contributed by atoms with van der Waals surface area (Å²) in [5, 5.41) is 82.3. The molecule has 2 saturated heterocycles. The highest BCUT2D eigenvalue weighted by atomic mass is 16.7. The van der Waals surface area contributed by atoms with Gasteiger partial charge in [0.15, 0.2) is 0 Å². The van der Waals surface area contributed by atoms with Gasteiger partial charge in [0, 0.05) is 24.7 Å². The second kappa shape index (κ2) is 14.1. The second-order valence-corrected chi connectivity index (χ2v) is 11.6. The molecule has 0 amide bonds. The van der Waals surface area contributed by atoms with Crippen LogP contribution < -0.4 is 18.9 Å². The first kappa shape index (κ1) is 34.5. The van der Waals surface area contributed by atoms with Gasteiger partial charge in [0.2, 0.25) is 12.6 Å². The molecule has 3 aliphatic rings. The predicted octanol–water partition coefficient (Wildman–Crippen LogP) is -1.12. The van der Waals surface area contributed by atoms with Gasteiger partial charge in [-0.25, -0.2) is 0 Å². The minimum absolute atomic E-state index is 0.0598. The lowest BCUT2D eigenvalue weighted by Crippen LogP contribution is -2.60. The number of fused-ring (bicyclic) bond motifs is 1. The molecule has 15 heteroatoms. The van der Waals surface area contributed by atoms with Crippen molar-refractivity contribution >= 4 is 0 Å². The molecule has 2 aromatic rings. The Kier molecular flexibility index (Phi) is 10.6. The number of hydrogen-bond acceptors (Lipinski definition) is 15. The molecule has 3 heterocycles. The first-order chi connectivity index (χ1) is 21.9. The van der Waals surface area contributed by atoms with Crippen molar-refractivity contribution in [3.05, 3.63) is 46.5 Å². The van der Waals surface area contributed by atoms with E-state index < -0.39 is 86.8 Å². The lowest BCUT2D eigenvalue weighted by atomic mass is 9.90. The van der Waals surface area contributed by atoms with Gasteiger partial charge in [0.05, 0.1) is 32.0 Å². The van der Waals surface area contributed by atoms with Gasteiger partial charge >= 0.3 is 0 Å². The molecule has 0 bridgehead atoms. The zero-order valence-corrected chi connectivity index (χ0v) is 25.8. The topological polar surface area (TPSA) is 226 Å². The lowest BCUT2D eigenvalue weighted by Gasteiger charge is -2.42. The first-order valence-corrected chi connectivity index (χ1v) is 14.9. The van der Waals surface area contributed by atoms with Gasteiger partial charge < -0.3 is 74.0 Å². The van der Waals surface area contributed by atoms with E-state index >= 15 is 0 Å². The zero-order chi connectivity index (χ0) is 33.4. The Hall–Kier alpha value is -2.80. The molecule has 2 aromatic carbocycles. The summed E-state index contributed by atoms with van der Waals surface area (Å²) in [6, 6.07) is 7.28. The highest BCUT2D eigenvalue weighted by Gasteiger charge is 2.48. The molecule has 0 saturated carbocycles. The summed E-state index contributed by atoms with van der Waals surface area (Å²) in [5.41, 5.74) is 1.94. The third-order valence-electron chi connectivity index (χ3n) is 8.80. The van der Waals surface area contributed by atoms with Crippen LogP contribution in [0.25, 0.3) is 0 Å². The summed E-state index contributed by atoms with van der Waals surface area (Å²) in [4.78, 5) is 0. The minimum Gasteiger partial charge on any atom is -0.497 e. The summed E-state index contributed by atoms with van der Waals surface area (Å²) in [6.45, 7) is 1.95. The smallest absolute Gasteiger partial charge is 0.229 e. The highest BCUT2D eigenvalue weighted by Crippen LogP contribution is 2.54. The minimum atomic E-state index is -1.73. The fourth-order valence-corrected chi connectivity index (χ4v) is 6.07. The van der Waals surface area contributed by atoms with E-state index in [0.717, 1.165) is 5.56 Å². The maximum absolute atomic E-state index is 10.8. The summed E-state index contributed by atoms with van der Waals surface area (Å²) < 4.78 is 41.3. The highest BCUT2D eigenvalue weighted by molar-refractivity contribution is 5.64. The van der Waals surface area contributed by atoms with Gasteiger partial charge in [-0.05, 0) is 31.5 Å². The van der Waals surface area contributed by atoms with E-state index in [-0.39, 0.29) is 17.2 Å². The van der Waals surface area contributed by atoms with Crippen LogP contribution in [0, 0.1) is 13.8 Å². The lowest BCUT2D eigenvalue weighted by molar-refractivity contribution is -0.279. The van der Waals surface area contributed by atoms with Crippen molar-refractivity contribution in [3.8, 4) is 23.0 Å². The molecular weight excluding hydrogens is 612 g/mol. The largest absolute Gasteiger partial charge is 0.497 e. The summed E-state index contributed by atoms with van der Waals surface area (Å²) in [5.74, 6) is 1.06. The molecule has 12 atom stereocenters. The SMILES string of the molecule is COc1ccc([C@H]2C[C@H](OC)c3c(O[C@@H]4O[C@H](CO)[C@@H](O)[C@H](O)[C@H]4O)c(C)c(O[C@@H]4O[C@H](CO)[C@@H](O)[C@H](O)[C@H]4O)c(C)c3O2)cc1. The van der Waals surface area contributed by atoms with Gasteiger partial charge in [-0.15, -0.1) is 0 Å². The molecule has 2 fully saturated rings. The summed E-state index contributed by atoms with van der Waals surface area (Å²) in [7, 11) is 3.06. The Bertz CT molecular complexity index is 1330. The molecule has 3 aliphatic heterocycles. The molecule has 5 rings (SSSR count). The third-order valence-corrected chi connectivity index (χ3v) is 8.80. The quantitative estimate of drug-likeness (QED) is 0.160. The normalized spacial score (nSPS) is 36.0. The van der Waals surface area contributed by atoms with E-state index in [2.05, 4.69) is 0 Å². The fourth-order valence-electron chi connectivity index (χ4n) is 6.07. The number of aliphatic hydroxyl groups is 8. The van der Waals surface area contributed by atoms with Crippen molar-refractivity contribution in [1.29, 1.82) is 0 Å². The molecule has 0 radical (unpaired) electrons. The maximum atomic E-state index is 10.8. The Morgan fingerprint density at radius 3 is 1.70 bits per heavy atom. The van der Waals surface area contributed by atoms with Crippen molar-refractivity contribution in [2.24, 2.45) is 0 Å². The summed E-state index contributed by atoms with van der Waals surface area (Å²) >= 11 is 0. The zero-order valence-electron chi connectivity index (χ0n) is 25.8. The Morgan fingerprint density at radius 1 is 0.696 bits per heavy atom. The van der Waals surface area contributed by atoms with Gasteiger partial charge in [0.1, 0.15) is 77.9 Å². The molecule has 0 unspecified atom stereocenters. The van der Waals surface area contributed by atoms with Gasteiger partial charge in [-0.3, -0.25) is 0 Å². The monoisotopic (exact) mass is 654 g/mol. The number of benzene rings is 2. The second-order valence-electron chi connectivity index (χ2n) is 11.6. The van der Waals surface area contributed by atoms with E-state index in [0.29, 0.717) is 28.9 Å². The van der Waals surface area contributed by atoms with Crippen LogP contribution in [-0.4, -0.2) is 130 Å². The molecule has 0 aromatic heterocycles. The van der Waals surface area contributed by atoms with E-state index in [9.17, 15) is 40.9 Å². The van der Waals surface area contributed by atoms with Crippen LogP contribution in [0.3, 0.4) is 0 Å². The van der Waals surface area contributed by atoms with Crippen LogP contribution in [0.1, 0.15) is 40.9 Å². The number of rotatable bonds is 9. The summed E-state index contributed by atoms with van der Waals surface area (Å²) in [6.07, 6.45) is -16.5. The van der Waals surface area contributed by atoms with Crippen molar-refractivity contribution in [2.45, 2.75) is 93.9 Å². The first-order valence-electron chi connectivity index (χ1n) is 14.9. The van der Waals surface area contributed by atoms with Crippen LogP contribution in [0.5, 0.6) is 23.0 Å². The van der Waals surface area contributed by atoms with Gasteiger partial charge in [-0.1, -0.05) is 12.1 Å². The molecular formula is C31H42O15. The number of ether oxygens (including phenoxy) is 7. The van der Waals surface area contributed by atoms with Crippen LogP contribution in [0.2, 0.25) is 0 Å². The van der Waals surface area contributed by atoms with Crippen molar-refractivity contribution in [3.63, 3.8) is 0 Å². The van der Waals surface area contributed by atoms with Crippen molar-refractivity contribution in [1.82, 2.24) is 0 Å². The molecule has 256 valence electrons. The van der Waals surface area contributed by atoms with E-state index in [1.54, 1.807) is 33.1 Å². The van der Waals surface area contributed by atoms with Gasteiger partial charge in [0.25, 0.3) is 0 Å². The van der Waals surface area contributed by atoms with E-state index in [4.69, 9.17) is 33.2 Å². The molecule has 8 N–H and O–H groups in total. The van der Waals surface area contributed by atoms with E-state index in [1.165, 1.54) is 7.11 Å². The predicted molar refractivity (Wildman–Crippen MR) is 155 cm³/mol. The van der Waals surface area contributed by atoms with Crippen molar-refractivity contribution < 1.29 is 74.0 Å². The third kappa shape index (κ3) is 6.25. The number of methoxy groups -OCH3 is 2. The fraction of sp³-hybridized carbons (Fsp3) is 0.613. The molecule has 46 heavy (non-hydrogen) atoms. The van der Waals surface area contributed by atoms with Gasteiger partial charge in [-0.2, -0.15) is 0 Å². The Morgan fingerprint density at radius 2 is 1.22 bits per heavy atom. The Labute approximate surface area is 265 Å². The van der Waals surface area contributed by atoms with Crippen LogP contribution in [-0.2, 0) is 14.2 Å². The van der Waals surface area contributed by atoms with Crippen LogP contribution in [0.15, 0.2) is 24.3 Å².